The highest BCUT2D eigenvalue weighted by molar-refractivity contribution is 5.93. The molecule has 0 spiro atoms. The molecule has 3 aliphatic rings. The molecule has 1 aliphatic heterocycles. The first kappa shape index (κ1) is 18.0. The fraction of sp³-hybridized carbons (Fsp3) is 0.320. The van der Waals surface area contributed by atoms with Gasteiger partial charge < -0.3 is 14.8 Å². The van der Waals surface area contributed by atoms with Gasteiger partial charge in [0.2, 0.25) is 12.7 Å². The number of hydrogen-bond donors (Lipinski definition) is 1. The standard InChI is InChI=1S/C25H25NO3/c1-16-3-6-18(7-4-16)19-8-5-17(2)21(13-19)26-24(27)25(11-12-25)20-9-10-22-23(14-20)29-15-28-22/h3-4,6-7,9-10,13-14H,5,8,11-12,15H2,1-2H3,(H,26,27). The van der Waals surface area contributed by atoms with Crippen LogP contribution in [0.4, 0.5) is 0 Å². The Hall–Kier alpha value is -3.01. The van der Waals surface area contributed by atoms with E-state index in [-0.39, 0.29) is 12.7 Å². The molecule has 2 aromatic rings. The maximum absolute atomic E-state index is 13.3. The summed E-state index contributed by atoms with van der Waals surface area (Å²) in [6, 6.07) is 14.5. The Bertz CT molecular complexity index is 1040. The van der Waals surface area contributed by atoms with E-state index in [1.807, 2.05) is 18.2 Å². The molecule has 1 heterocycles. The number of rotatable bonds is 4. The van der Waals surface area contributed by atoms with Gasteiger partial charge in [-0.05, 0) is 80.0 Å². The van der Waals surface area contributed by atoms with Crippen LogP contribution in [0, 0.1) is 6.92 Å². The van der Waals surface area contributed by atoms with Gasteiger partial charge >= 0.3 is 0 Å². The third kappa shape index (κ3) is 3.23. The van der Waals surface area contributed by atoms with Crippen molar-refractivity contribution in [3.05, 3.63) is 76.5 Å². The second-order valence-corrected chi connectivity index (χ2v) is 8.33. The highest BCUT2D eigenvalue weighted by atomic mass is 16.7. The van der Waals surface area contributed by atoms with Crippen molar-refractivity contribution in [3.63, 3.8) is 0 Å². The van der Waals surface area contributed by atoms with Crippen LogP contribution >= 0.6 is 0 Å². The molecule has 2 aliphatic carbocycles. The van der Waals surface area contributed by atoms with E-state index < -0.39 is 5.41 Å². The third-order valence-electron chi connectivity index (χ3n) is 6.33. The number of fused-ring (bicyclic) bond motifs is 1. The van der Waals surface area contributed by atoms with E-state index in [9.17, 15) is 4.79 Å². The molecule has 0 radical (unpaired) electrons. The second-order valence-electron chi connectivity index (χ2n) is 8.33. The average molecular weight is 387 g/mol. The summed E-state index contributed by atoms with van der Waals surface area (Å²) in [5.74, 6) is 1.56. The van der Waals surface area contributed by atoms with Crippen LogP contribution in [0.2, 0.25) is 0 Å². The van der Waals surface area contributed by atoms with Crippen molar-refractivity contribution in [2.75, 3.05) is 6.79 Å². The van der Waals surface area contributed by atoms with E-state index in [0.29, 0.717) is 0 Å². The maximum Gasteiger partial charge on any atom is 0.235 e. The highest BCUT2D eigenvalue weighted by Crippen LogP contribution is 2.51. The minimum Gasteiger partial charge on any atom is -0.454 e. The Morgan fingerprint density at radius 1 is 0.966 bits per heavy atom. The molecule has 5 rings (SSSR count). The Labute approximate surface area is 171 Å². The summed E-state index contributed by atoms with van der Waals surface area (Å²) in [7, 11) is 0. The lowest BCUT2D eigenvalue weighted by molar-refractivity contribution is -0.122. The van der Waals surface area contributed by atoms with Gasteiger partial charge in [0, 0.05) is 5.70 Å². The Morgan fingerprint density at radius 3 is 2.48 bits per heavy atom. The van der Waals surface area contributed by atoms with Gasteiger partial charge in [0.05, 0.1) is 5.41 Å². The van der Waals surface area contributed by atoms with Crippen molar-refractivity contribution in [2.45, 2.75) is 44.9 Å². The van der Waals surface area contributed by atoms with E-state index in [1.165, 1.54) is 22.3 Å². The minimum absolute atomic E-state index is 0.0760. The molecule has 0 saturated heterocycles. The number of allylic oxidation sites excluding steroid dienone is 3. The quantitative estimate of drug-likeness (QED) is 0.801. The van der Waals surface area contributed by atoms with Crippen LogP contribution in [-0.4, -0.2) is 12.7 Å². The van der Waals surface area contributed by atoms with Crippen molar-refractivity contribution < 1.29 is 14.3 Å². The first-order chi connectivity index (χ1) is 14.0. The minimum atomic E-state index is -0.455. The molecule has 29 heavy (non-hydrogen) atoms. The molecule has 0 unspecified atom stereocenters. The SMILES string of the molecule is CC1=C(NC(=O)C2(c3ccc4c(c3)OCO4)CC2)C=C(c2ccc(C)cc2)CC1. The van der Waals surface area contributed by atoms with Crippen molar-refractivity contribution >= 4 is 11.5 Å². The van der Waals surface area contributed by atoms with Crippen LogP contribution in [0.5, 0.6) is 11.5 Å². The molecule has 148 valence electrons. The van der Waals surface area contributed by atoms with E-state index in [4.69, 9.17) is 9.47 Å². The molecule has 1 amide bonds. The van der Waals surface area contributed by atoms with Crippen LogP contribution in [0.15, 0.2) is 59.8 Å². The number of aryl methyl sites for hydroxylation is 1. The van der Waals surface area contributed by atoms with Crippen molar-refractivity contribution in [2.24, 2.45) is 0 Å². The van der Waals surface area contributed by atoms with Gasteiger partial charge in [-0.25, -0.2) is 0 Å². The smallest absolute Gasteiger partial charge is 0.235 e. The van der Waals surface area contributed by atoms with E-state index in [2.05, 4.69) is 49.5 Å². The largest absolute Gasteiger partial charge is 0.454 e. The van der Waals surface area contributed by atoms with Gasteiger partial charge in [0.1, 0.15) is 0 Å². The molecular formula is C25H25NO3. The molecule has 1 N–H and O–H groups in total. The Balaban J connectivity index is 1.39. The number of carbonyl (C=O) groups excluding carboxylic acids is 1. The summed E-state index contributed by atoms with van der Waals surface area (Å²) >= 11 is 0. The summed E-state index contributed by atoms with van der Waals surface area (Å²) in [5, 5.41) is 3.24. The molecule has 0 aromatic heterocycles. The predicted molar refractivity (Wildman–Crippen MR) is 113 cm³/mol. The summed E-state index contributed by atoms with van der Waals surface area (Å²) in [6.07, 6.45) is 5.84. The zero-order valence-corrected chi connectivity index (χ0v) is 16.9. The van der Waals surface area contributed by atoms with Crippen molar-refractivity contribution in [1.82, 2.24) is 5.32 Å². The maximum atomic E-state index is 13.3. The van der Waals surface area contributed by atoms with E-state index in [0.717, 1.165) is 48.4 Å². The lowest BCUT2D eigenvalue weighted by Crippen LogP contribution is -2.34. The molecule has 4 nitrogen and oxygen atoms in total. The van der Waals surface area contributed by atoms with Gasteiger partial charge in [-0.3, -0.25) is 4.79 Å². The monoisotopic (exact) mass is 387 g/mol. The van der Waals surface area contributed by atoms with Crippen molar-refractivity contribution in [3.8, 4) is 11.5 Å². The fourth-order valence-electron chi connectivity index (χ4n) is 4.17. The first-order valence-electron chi connectivity index (χ1n) is 10.2. The van der Waals surface area contributed by atoms with Crippen molar-refractivity contribution in [1.29, 1.82) is 0 Å². The first-order valence-corrected chi connectivity index (χ1v) is 10.2. The summed E-state index contributed by atoms with van der Waals surface area (Å²) in [6.45, 7) is 4.45. The molecule has 2 aromatic carbocycles. The highest BCUT2D eigenvalue weighted by Gasteiger charge is 2.51. The van der Waals surface area contributed by atoms with E-state index >= 15 is 0 Å². The molecule has 4 heteroatoms. The lowest BCUT2D eigenvalue weighted by Gasteiger charge is -2.22. The Kier molecular flexibility index (Phi) is 4.23. The van der Waals surface area contributed by atoms with Gasteiger partial charge in [0.25, 0.3) is 0 Å². The fourth-order valence-corrected chi connectivity index (χ4v) is 4.17. The molecule has 1 saturated carbocycles. The zero-order valence-electron chi connectivity index (χ0n) is 16.9. The summed E-state index contributed by atoms with van der Waals surface area (Å²) < 4.78 is 10.9. The van der Waals surface area contributed by atoms with E-state index in [1.54, 1.807) is 0 Å². The third-order valence-corrected chi connectivity index (χ3v) is 6.33. The molecular weight excluding hydrogens is 362 g/mol. The topological polar surface area (TPSA) is 47.6 Å². The van der Waals surface area contributed by atoms with Crippen LogP contribution in [0.3, 0.4) is 0 Å². The number of amides is 1. The zero-order chi connectivity index (χ0) is 20.0. The van der Waals surface area contributed by atoms with Gasteiger partial charge in [0.15, 0.2) is 11.5 Å². The summed E-state index contributed by atoms with van der Waals surface area (Å²) in [4.78, 5) is 13.3. The van der Waals surface area contributed by atoms with Gasteiger partial charge in [-0.2, -0.15) is 0 Å². The second kappa shape index (κ2) is 6.80. The number of benzene rings is 2. The van der Waals surface area contributed by atoms with Gasteiger partial charge in [-0.1, -0.05) is 35.9 Å². The lowest BCUT2D eigenvalue weighted by atomic mass is 9.90. The molecule has 0 atom stereocenters. The number of nitrogens with one attached hydrogen (secondary N) is 1. The van der Waals surface area contributed by atoms with Crippen LogP contribution in [-0.2, 0) is 10.2 Å². The molecule has 0 bridgehead atoms. The average Bonchev–Trinajstić information content (AvgIpc) is 3.41. The Morgan fingerprint density at radius 2 is 1.72 bits per heavy atom. The van der Waals surface area contributed by atoms with Crippen LogP contribution in [0.25, 0.3) is 5.57 Å². The predicted octanol–water partition coefficient (Wildman–Crippen LogP) is 5.02. The van der Waals surface area contributed by atoms with Crippen LogP contribution < -0.4 is 14.8 Å². The van der Waals surface area contributed by atoms with Gasteiger partial charge in [-0.15, -0.1) is 0 Å². The number of carbonyl (C=O) groups is 1. The van der Waals surface area contributed by atoms with Crippen LogP contribution in [0.1, 0.15) is 49.3 Å². The number of ether oxygens (including phenoxy) is 2. The molecule has 1 fully saturated rings. The normalized spacial score (nSPS) is 19.0. The number of hydrogen-bond acceptors (Lipinski definition) is 3. The summed E-state index contributed by atoms with van der Waals surface area (Å²) in [5.41, 5.74) is 6.50.